The van der Waals surface area contributed by atoms with E-state index in [0.717, 1.165) is 5.56 Å². The third kappa shape index (κ3) is 12.6. The molecule has 0 aromatic heterocycles. The monoisotopic (exact) mass is 813 g/mol. The molecule has 2 aliphatic heterocycles. The first-order valence-corrected chi connectivity index (χ1v) is 19.9. The second-order valence-electron chi connectivity index (χ2n) is 17.4. The van der Waals surface area contributed by atoms with E-state index in [0.29, 0.717) is 32.2 Å². The number of rotatable bonds is 15. The van der Waals surface area contributed by atoms with Crippen molar-refractivity contribution in [1.29, 1.82) is 0 Å². The number of nitrogens with zero attached hydrogens (tertiary/aromatic N) is 2. The van der Waals surface area contributed by atoms with Crippen molar-refractivity contribution >= 4 is 47.5 Å². The van der Waals surface area contributed by atoms with Gasteiger partial charge in [0.1, 0.15) is 46.9 Å². The van der Waals surface area contributed by atoms with Crippen molar-refractivity contribution in [2.24, 2.45) is 5.92 Å². The van der Waals surface area contributed by atoms with Crippen LogP contribution in [0, 0.1) is 5.92 Å². The van der Waals surface area contributed by atoms with Gasteiger partial charge in [-0.15, -0.1) is 0 Å². The molecule has 0 radical (unpaired) electrons. The average Bonchev–Trinajstić information content (AvgIpc) is 3.82. The number of benzene rings is 1. The molecule has 0 bridgehead atoms. The molecule has 2 fully saturated rings. The van der Waals surface area contributed by atoms with Gasteiger partial charge in [-0.3, -0.25) is 28.8 Å². The highest BCUT2D eigenvalue weighted by Crippen LogP contribution is 2.27. The molecule has 17 nitrogen and oxygen atoms in total. The van der Waals surface area contributed by atoms with Gasteiger partial charge in [0.25, 0.3) is 0 Å². The van der Waals surface area contributed by atoms with Crippen LogP contribution in [-0.2, 0) is 49.5 Å². The summed E-state index contributed by atoms with van der Waals surface area (Å²) in [6.45, 7) is 16.6. The molecule has 2 heterocycles. The summed E-state index contributed by atoms with van der Waals surface area (Å²) in [7, 11) is 1.21. The maximum atomic E-state index is 14.0. The SMILES string of the molecule is COC(=O)[C@H](Cc1ccccc1)NC(=O)[C@H](C)NC(=O)[C@@H](NC(=O)C(C)(C)NC(=O)[C@@H]1CCCN1C(=O)[C@@H]1CCCN1C(=O)C(C)(C)NC(=O)OC(C)(C)C)C(C)C. The Morgan fingerprint density at radius 2 is 1.33 bits per heavy atom. The van der Waals surface area contributed by atoms with E-state index < -0.39 is 100 Å². The average molecular weight is 814 g/mol. The van der Waals surface area contributed by atoms with Gasteiger partial charge in [0.15, 0.2) is 0 Å². The van der Waals surface area contributed by atoms with Gasteiger partial charge in [-0.2, -0.15) is 0 Å². The summed E-state index contributed by atoms with van der Waals surface area (Å²) in [5.74, 6) is -4.48. The smallest absolute Gasteiger partial charge is 0.408 e. The van der Waals surface area contributed by atoms with E-state index in [-0.39, 0.29) is 13.0 Å². The van der Waals surface area contributed by atoms with Crippen LogP contribution in [0.25, 0.3) is 0 Å². The van der Waals surface area contributed by atoms with E-state index in [4.69, 9.17) is 9.47 Å². The van der Waals surface area contributed by atoms with E-state index >= 15 is 0 Å². The number of likely N-dealkylation sites (tertiary alicyclic amines) is 2. The highest BCUT2D eigenvalue weighted by atomic mass is 16.6. The number of nitrogens with one attached hydrogen (secondary N) is 5. The summed E-state index contributed by atoms with van der Waals surface area (Å²) in [5, 5.41) is 13.3. The Morgan fingerprint density at radius 1 is 0.741 bits per heavy atom. The minimum absolute atomic E-state index is 0.171. The molecule has 3 rings (SSSR count). The lowest BCUT2D eigenvalue weighted by atomic mass is 9.98. The third-order valence-electron chi connectivity index (χ3n) is 10.1. The van der Waals surface area contributed by atoms with Gasteiger partial charge in [-0.1, -0.05) is 44.2 Å². The van der Waals surface area contributed by atoms with Crippen LogP contribution in [0.5, 0.6) is 0 Å². The zero-order valence-corrected chi connectivity index (χ0v) is 35.8. The fourth-order valence-electron chi connectivity index (χ4n) is 6.89. The molecule has 5 N–H and O–H groups in total. The summed E-state index contributed by atoms with van der Waals surface area (Å²) >= 11 is 0. The van der Waals surface area contributed by atoms with Gasteiger partial charge in [-0.25, -0.2) is 9.59 Å². The van der Waals surface area contributed by atoms with E-state index in [1.54, 1.807) is 60.6 Å². The Morgan fingerprint density at radius 3 is 1.90 bits per heavy atom. The van der Waals surface area contributed by atoms with E-state index in [9.17, 15) is 38.4 Å². The lowest BCUT2D eigenvalue weighted by Crippen LogP contribution is -2.63. The molecule has 0 aliphatic carbocycles. The maximum absolute atomic E-state index is 14.0. The van der Waals surface area contributed by atoms with Crippen molar-refractivity contribution < 1.29 is 47.8 Å². The number of methoxy groups -OCH3 is 1. The lowest BCUT2D eigenvalue weighted by molar-refractivity contribution is -0.149. The van der Waals surface area contributed by atoms with E-state index in [2.05, 4.69) is 26.6 Å². The standard InChI is InChI=1S/C41H63N7O10/c1-24(2)30(33(51)42-25(3)31(49)43-27(35(53)57-11)23-26-17-13-12-14-18-26)44-36(54)40(7,8)45-32(50)28-19-15-21-47(28)34(52)29-20-16-22-48(29)37(55)41(9,10)46-38(56)58-39(4,5)6/h12-14,17-18,24-25,27-30H,15-16,19-23H2,1-11H3,(H,42,51)(H,43,49)(H,44,54)(H,45,50)(H,46,56)/t25-,27-,28-,29-,30-/m0/s1. The topological polar surface area (TPSA) is 222 Å². The zero-order chi connectivity index (χ0) is 43.7. The Hall–Kier alpha value is -5.22. The molecule has 322 valence electrons. The van der Waals surface area contributed by atoms with Crippen molar-refractivity contribution in [3.63, 3.8) is 0 Å². The number of carbonyl (C=O) groups is 8. The Bertz CT molecular complexity index is 1690. The predicted molar refractivity (Wildman–Crippen MR) is 214 cm³/mol. The summed E-state index contributed by atoms with van der Waals surface area (Å²) in [6, 6.07) is 4.09. The van der Waals surface area contributed by atoms with Crippen LogP contribution in [0.4, 0.5) is 4.79 Å². The number of amides is 7. The molecule has 58 heavy (non-hydrogen) atoms. The second-order valence-corrected chi connectivity index (χ2v) is 17.4. The van der Waals surface area contributed by atoms with Crippen LogP contribution in [0.3, 0.4) is 0 Å². The van der Waals surface area contributed by atoms with Gasteiger partial charge in [0.2, 0.25) is 35.4 Å². The molecular formula is C41H63N7O10. The van der Waals surface area contributed by atoms with Crippen molar-refractivity contribution in [3.05, 3.63) is 35.9 Å². The van der Waals surface area contributed by atoms with Crippen LogP contribution in [-0.4, -0.2) is 124 Å². The molecule has 0 spiro atoms. The first-order valence-electron chi connectivity index (χ1n) is 19.9. The van der Waals surface area contributed by atoms with Crippen LogP contribution in [0.1, 0.15) is 100 Å². The minimum Gasteiger partial charge on any atom is -0.467 e. The number of esters is 1. The highest BCUT2D eigenvalue weighted by molar-refractivity contribution is 5.99. The number of ether oxygens (including phenoxy) is 2. The van der Waals surface area contributed by atoms with Gasteiger partial charge >= 0.3 is 12.1 Å². The van der Waals surface area contributed by atoms with Gasteiger partial charge in [0.05, 0.1) is 7.11 Å². The van der Waals surface area contributed by atoms with Crippen LogP contribution in [0.2, 0.25) is 0 Å². The van der Waals surface area contributed by atoms with Crippen molar-refractivity contribution in [1.82, 2.24) is 36.4 Å². The summed E-state index contributed by atoms with van der Waals surface area (Å²) in [5.41, 5.74) is -2.90. The molecular weight excluding hydrogens is 750 g/mol. The van der Waals surface area contributed by atoms with Crippen molar-refractivity contribution in [2.75, 3.05) is 20.2 Å². The van der Waals surface area contributed by atoms with E-state index in [1.807, 2.05) is 18.2 Å². The van der Waals surface area contributed by atoms with E-state index in [1.165, 1.54) is 37.7 Å². The molecule has 7 amide bonds. The van der Waals surface area contributed by atoms with Gasteiger partial charge < -0.3 is 45.9 Å². The lowest BCUT2D eigenvalue weighted by Gasteiger charge is -2.36. The van der Waals surface area contributed by atoms with Crippen LogP contribution in [0.15, 0.2) is 30.3 Å². The first-order chi connectivity index (χ1) is 26.9. The molecule has 2 saturated heterocycles. The quantitative estimate of drug-likeness (QED) is 0.161. The summed E-state index contributed by atoms with van der Waals surface area (Å²) in [4.78, 5) is 110. The molecule has 0 unspecified atom stereocenters. The maximum Gasteiger partial charge on any atom is 0.408 e. The van der Waals surface area contributed by atoms with Crippen molar-refractivity contribution in [3.8, 4) is 0 Å². The Kier molecular flexibility index (Phi) is 15.8. The molecule has 2 aliphatic rings. The second kappa shape index (κ2) is 19.5. The highest BCUT2D eigenvalue weighted by Gasteiger charge is 2.47. The Labute approximate surface area is 341 Å². The number of hydrogen-bond acceptors (Lipinski definition) is 10. The Balaban J connectivity index is 1.64. The molecule has 0 saturated carbocycles. The van der Waals surface area contributed by atoms with Gasteiger partial charge in [0, 0.05) is 19.5 Å². The number of hydrogen-bond donors (Lipinski definition) is 5. The fourth-order valence-corrected chi connectivity index (χ4v) is 6.89. The summed E-state index contributed by atoms with van der Waals surface area (Å²) < 4.78 is 10.2. The molecule has 1 aromatic rings. The molecule has 1 aromatic carbocycles. The first kappa shape index (κ1) is 47.2. The summed E-state index contributed by atoms with van der Waals surface area (Å²) in [6.07, 6.45) is 1.20. The normalized spacial score (nSPS) is 18.7. The number of carbonyl (C=O) groups excluding carboxylic acids is 8. The minimum atomic E-state index is -1.54. The van der Waals surface area contributed by atoms with Crippen LogP contribution < -0.4 is 26.6 Å². The zero-order valence-electron chi connectivity index (χ0n) is 35.8. The molecule has 5 atom stereocenters. The largest absolute Gasteiger partial charge is 0.467 e. The predicted octanol–water partition coefficient (Wildman–Crippen LogP) is 1.71. The van der Waals surface area contributed by atoms with Crippen molar-refractivity contribution in [2.45, 2.75) is 148 Å². The number of alkyl carbamates (subject to hydrolysis) is 1. The van der Waals surface area contributed by atoms with Gasteiger partial charge in [-0.05, 0) is 92.6 Å². The fraction of sp³-hybridized carbons (Fsp3) is 0.659. The molecule has 17 heteroatoms. The van der Waals surface area contributed by atoms with Crippen LogP contribution >= 0.6 is 0 Å². The third-order valence-corrected chi connectivity index (χ3v) is 10.1.